The zero-order valence-corrected chi connectivity index (χ0v) is 19.9. The number of hydrogen-bond acceptors (Lipinski definition) is 8. The summed E-state index contributed by atoms with van der Waals surface area (Å²) in [7, 11) is 0. The highest BCUT2D eigenvalue weighted by molar-refractivity contribution is 5.94. The molecule has 1 spiro atoms. The SMILES string of the molecule is O=C(N[C@@H]1CCO[C@]2(CCN(c3ncccn3)C2)C1)c1cccnc1.O=C(O)C(F)(F)F.O=C(O)C(F)(F)F. The third-order valence-corrected chi connectivity index (χ3v) is 5.39. The first kappa shape index (κ1) is 31.2. The number of carbonyl (C=O) groups is 3. The predicted octanol–water partition coefficient (Wildman–Crippen LogP) is 2.70. The number of aromatic nitrogens is 3. The lowest BCUT2D eigenvalue weighted by Crippen LogP contribution is -2.50. The van der Waals surface area contributed by atoms with Gasteiger partial charge in [-0.25, -0.2) is 19.6 Å². The van der Waals surface area contributed by atoms with Gasteiger partial charge in [-0.1, -0.05) is 0 Å². The van der Waals surface area contributed by atoms with Gasteiger partial charge in [-0.2, -0.15) is 26.3 Å². The molecular weight excluding hydrogens is 544 g/mol. The summed E-state index contributed by atoms with van der Waals surface area (Å²) in [6.45, 7) is 2.28. The highest BCUT2D eigenvalue weighted by atomic mass is 19.4. The van der Waals surface area contributed by atoms with Crippen LogP contribution in [0.1, 0.15) is 29.6 Å². The predicted molar refractivity (Wildman–Crippen MR) is 120 cm³/mol. The number of carbonyl (C=O) groups excluding carboxylic acids is 1. The van der Waals surface area contributed by atoms with Crippen molar-refractivity contribution < 1.29 is 55.7 Å². The second-order valence-corrected chi connectivity index (χ2v) is 8.26. The molecule has 0 bridgehead atoms. The highest BCUT2D eigenvalue weighted by Crippen LogP contribution is 2.35. The van der Waals surface area contributed by atoms with Crippen LogP contribution in [0.15, 0.2) is 43.0 Å². The van der Waals surface area contributed by atoms with Crippen molar-refractivity contribution >= 4 is 23.8 Å². The average molecular weight is 567 g/mol. The fourth-order valence-electron chi connectivity index (χ4n) is 3.67. The smallest absolute Gasteiger partial charge is 0.475 e. The van der Waals surface area contributed by atoms with Crippen molar-refractivity contribution in [1.29, 1.82) is 0 Å². The number of nitrogens with zero attached hydrogens (tertiary/aromatic N) is 4. The molecule has 2 aliphatic heterocycles. The first-order valence-electron chi connectivity index (χ1n) is 11.1. The quantitative estimate of drug-likeness (QED) is 0.472. The van der Waals surface area contributed by atoms with Crippen LogP contribution in [0.4, 0.5) is 32.3 Å². The number of aliphatic carboxylic acids is 2. The molecule has 17 heteroatoms. The number of ether oxygens (including phenoxy) is 1. The molecule has 2 aromatic heterocycles. The molecule has 4 heterocycles. The number of rotatable bonds is 3. The number of amides is 1. The fraction of sp³-hybridized carbons (Fsp3) is 0.455. The van der Waals surface area contributed by atoms with Gasteiger partial charge in [0.1, 0.15) is 0 Å². The summed E-state index contributed by atoms with van der Waals surface area (Å²) in [6.07, 6.45) is -0.839. The van der Waals surface area contributed by atoms with Gasteiger partial charge in [0.25, 0.3) is 5.91 Å². The Kier molecular flexibility index (Phi) is 10.5. The van der Waals surface area contributed by atoms with Crippen LogP contribution in [0, 0.1) is 0 Å². The van der Waals surface area contributed by atoms with Gasteiger partial charge in [-0.15, -0.1) is 0 Å². The van der Waals surface area contributed by atoms with Gasteiger partial charge in [0.2, 0.25) is 5.95 Å². The maximum Gasteiger partial charge on any atom is 0.490 e. The second kappa shape index (κ2) is 13.2. The summed E-state index contributed by atoms with van der Waals surface area (Å²) in [4.78, 5) is 45.0. The Morgan fingerprint density at radius 3 is 2.10 bits per heavy atom. The maximum absolute atomic E-state index is 12.4. The van der Waals surface area contributed by atoms with Crippen molar-refractivity contribution in [3.05, 3.63) is 48.5 Å². The Hall–Kier alpha value is -4.02. The average Bonchev–Trinajstić information content (AvgIpc) is 3.27. The van der Waals surface area contributed by atoms with E-state index in [4.69, 9.17) is 24.5 Å². The molecular formula is C22H23F6N5O6. The Bertz CT molecular complexity index is 1080. The molecule has 214 valence electrons. The van der Waals surface area contributed by atoms with E-state index in [0.717, 1.165) is 38.3 Å². The third-order valence-electron chi connectivity index (χ3n) is 5.39. The topological polar surface area (TPSA) is 155 Å². The number of nitrogens with one attached hydrogen (secondary N) is 1. The van der Waals surface area contributed by atoms with Crippen LogP contribution >= 0.6 is 0 Å². The lowest BCUT2D eigenvalue weighted by atomic mass is 9.89. The largest absolute Gasteiger partial charge is 0.490 e. The monoisotopic (exact) mass is 567 g/mol. The first-order valence-corrected chi connectivity index (χ1v) is 11.1. The molecule has 0 saturated carbocycles. The van der Waals surface area contributed by atoms with Crippen LogP contribution in [0.3, 0.4) is 0 Å². The van der Waals surface area contributed by atoms with Crippen molar-refractivity contribution in [2.45, 2.75) is 43.3 Å². The van der Waals surface area contributed by atoms with Gasteiger partial charge >= 0.3 is 24.3 Å². The molecule has 3 N–H and O–H groups in total. The lowest BCUT2D eigenvalue weighted by molar-refractivity contribution is -0.193. The molecule has 4 rings (SSSR count). The number of carboxylic acids is 2. The molecule has 1 amide bonds. The molecule has 2 saturated heterocycles. The van der Waals surface area contributed by atoms with E-state index in [-0.39, 0.29) is 17.6 Å². The standard InChI is InChI=1S/C18H21N5O2.2C2HF3O2/c24-16(14-3-1-6-19-12-14)22-15-4-10-25-18(11-15)5-9-23(13-18)17-20-7-2-8-21-17;2*3-2(4,5)1(6)7/h1-3,6-8,12,15H,4-5,9-11,13H2,(H,22,24);2*(H,6,7)/t15-,18-;;/m1../s1. The maximum atomic E-state index is 12.4. The van der Waals surface area contributed by atoms with Crippen LogP contribution in [0.25, 0.3) is 0 Å². The van der Waals surface area contributed by atoms with E-state index in [1.807, 2.05) is 6.07 Å². The van der Waals surface area contributed by atoms with Crippen molar-refractivity contribution in [3.8, 4) is 0 Å². The summed E-state index contributed by atoms with van der Waals surface area (Å²) in [5, 5.41) is 17.4. The summed E-state index contributed by atoms with van der Waals surface area (Å²) >= 11 is 0. The zero-order chi connectivity index (χ0) is 29.3. The summed E-state index contributed by atoms with van der Waals surface area (Å²) in [5.74, 6) is -4.85. The van der Waals surface area contributed by atoms with Gasteiger partial charge in [0.15, 0.2) is 0 Å². The van der Waals surface area contributed by atoms with Crippen molar-refractivity contribution in [2.75, 3.05) is 24.6 Å². The van der Waals surface area contributed by atoms with E-state index in [0.29, 0.717) is 12.2 Å². The van der Waals surface area contributed by atoms with Crippen LogP contribution in [0.5, 0.6) is 0 Å². The zero-order valence-electron chi connectivity index (χ0n) is 19.9. The molecule has 2 aliphatic rings. The van der Waals surface area contributed by atoms with Gasteiger partial charge in [-0.3, -0.25) is 9.78 Å². The van der Waals surface area contributed by atoms with Crippen molar-refractivity contribution in [2.24, 2.45) is 0 Å². The number of pyridine rings is 1. The number of halogens is 6. The molecule has 2 aromatic rings. The number of hydrogen-bond donors (Lipinski definition) is 3. The lowest BCUT2D eigenvalue weighted by Gasteiger charge is -2.38. The van der Waals surface area contributed by atoms with Gasteiger partial charge in [-0.05, 0) is 37.5 Å². The fourth-order valence-corrected chi connectivity index (χ4v) is 3.67. The molecule has 2 fully saturated rings. The minimum atomic E-state index is -5.08. The minimum Gasteiger partial charge on any atom is -0.475 e. The summed E-state index contributed by atoms with van der Waals surface area (Å²) < 4.78 is 69.6. The highest BCUT2D eigenvalue weighted by Gasteiger charge is 2.44. The second-order valence-electron chi connectivity index (χ2n) is 8.26. The van der Waals surface area contributed by atoms with Gasteiger partial charge in [0, 0.05) is 44.0 Å². The summed E-state index contributed by atoms with van der Waals surface area (Å²) in [5.41, 5.74) is 0.360. The Morgan fingerprint density at radius 1 is 1.00 bits per heavy atom. The van der Waals surface area contributed by atoms with Gasteiger partial charge in [0.05, 0.1) is 17.7 Å². The third kappa shape index (κ3) is 9.99. The van der Waals surface area contributed by atoms with Crippen LogP contribution in [0.2, 0.25) is 0 Å². The van der Waals surface area contributed by atoms with E-state index in [1.54, 1.807) is 36.9 Å². The molecule has 0 unspecified atom stereocenters. The van der Waals surface area contributed by atoms with E-state index in [9.17, 15) is 31.1 Å². The summed E-state index contributed by atoms with van der Waals surface area (Å²) in [6, 6.07) is 5.48. The van der Waals surface area contributed by atoms with E-state index in [1.165, 1.54) is 0 Å². The first-order chi connectivity index (χ1) is 18.1. The Balaban J connectivity index is 0.000000317. The van der Waals surface area contributed by atoms with Crippen LogP contribution in [-0.2, 0) is 14.3 Å². The normalized spacial score (nSPS) is 20.7. The van der Waals surface area contributed by atoms with E-state index >= 15 is 0 Å². The molecule has 11 nitrogen and oxygen atoms in total. The molecule has 0 aromatic carbocycles. The Labute approximate surface area is 216 Å². The number of carboxylic acid groups (broad SMARTS) is 2. The Morgan fingerprint density at radius 2 is 1.59 bits per heavy atom. The van der Waals surface area contributed by atoms with Crippen molar-refractivity contribution in [1.82, 2.24) is 20.3 Å². The molecule has 39 heavy (non-hydrogen) atoms. The molecule has 0 radical (unpaired) electrons. The molecule has 0 aliphatic carbocycles. The molecule has 2 atom stereocenters. The van der Waals surface area contributed by atoms with Crippen LogP contribution in [-0.4, -0.2) is 86.7 Å². The minimum absolute atomic E-state index is 0.0728. The van der Waals surface area contributed by atoms with Gasteiger partial charge < -0.3 is 25.2 Å². The van der Waals surface area contributed by atoms with E-state index < -0.39 is 24.3 Å². The van der Waals surface area contributed by atoms with E-state index in [2.05, 4.69) is 25.2 Å². The number of alkyl halides is 6. The van der Waals surface area contributed by atoms with Crippen LogP contribution < -0.4 is 10.2 Å². The number of anilines is 1. The van der Waals surface area contributed by atoms with Crippen molar-refractivity contribution in [3.63, 3.8) is 0 Å².